The van der Waals surface area contributed by atoms with E-state index >= 15 is 0 Å². The number of rotatable bonds is 6. The summed E-state index contributed by atoms with van der Waals surface area (Å²) in [5.74, 6) is 0.0291. The van der Waals surface area contributed by atoms with Crippen LogP contribution in [0.3, 0.4) is 0 Å². The van der Waals surface area contributed by atoms with E-state index in [-0.39, 0.29) is 11.7 Å². The normalized spacial score (nSPS) is 17.0. The van der Waals surface area contributed by atoms with Crippen molar-refractivity contribution in [2.24, 2.45) is 0 Å². The number of furan rings is 1. The minimum absolute atomic E-state index is 0.223. The molecule has 146 valence electrons. The first-order chi connectivity index (χ1) is 14.2. The Bertz CT molecular complexity index is 1170. The summed E-state index contributed by atoms with van der Waals surface area (Å²) in [6.07, 6.45) is 9.54. The molecule has 4 aromatic rings. The molecule has 0 fully saturated rings. The number of carbonyl (C=O) groups is 1. The van der Waals surface area contributed by atoms with Gasteiger partial charge in [0.05, 0.1) is 12.6 Å². The second kappa shape index (κ2) is 7.01. The maximum absolute atomic E-state index is 13.0. The highest BCUT2D eigenvalue weighted by atomic mass is 16.3. The lowest BCUT2D eigenvalue weighted by Crippen LogP contribution is -2.31. The summed E-state index contributed by atoms with van der Waals surface area (Å²) in [6.45, 7) is 1.22. The summed E-state index contributed by atoms with van der Waals surface area (Å²) in [5.41, 5.74) is 2.34. The van der Waals surface area contributed by atoms with Gasteiger partial charge in [-0.2, -0.15) is 0 Å². The first kappa shape index (κ1) is 17.4. The minimum atomic E-state index is -0.473. The Balaban J connectivity index is 1.52. The highest BCUT2D eigenvalue weighted by molar-refractivity contribution is 6.08. The van der Waals surface area contributed by atoms with Crippen molar-refractivity contribution in [2.45, 2.75) is 19.0 Å². The van der Waals surface area contributed by atoms with Crippen LogP contribution in [-0.2, 0) is 11.3 Å². The molecule has 0 saturated heterocycles. The molecule has 1 amide bonds. The quantitative estimate of drug-likeness (QED) is 0.524. The first-order valence-electron chi connectivity index (χ1n) is 9.54. The van der Waals surface area contributed by atoms with Crippen LogP contribution in [-0.4, -0.2) is 37.0 Å². The summed E-state index contributed by atoms with van der Waals surface area (Å²) in [5, 5.41) is 11.8. The van der Waals surface area contributed by atoms with Crippen LogP contribution in [0.4, 0.5) is 0 Å². The Morgan fingerprint density at radius 3 is 2.86 bits per heavy atom. The molecule has 1 aromatic carbocycles. The summed E-state index contributed by atoms with van der Waals surface area (Å²) >= 11 is 0. The van der Waals surface area contributed by atoms with Crippen molar-refractivity contribution in [3.8, 4) is 0 Å². The van der Waals surface area contributed by atoms with Gasteiger partial charge in [0.15, 0.2) is 5.76 Å². The first-order valence-corrected chi connectivity index (χ1v) is 9.54. The van der Waals surface area contributed by atoms with Crippen LogP contribution in [0.15, 0.2) is 77.8 Å². The minimum Gasteiger partial charge on any atom is -0.503 e. The Hall–Kier alpha value is -3.74. The van der Waals surface area contributed by atoms with Gasteiger partial charge in [0.1, 0.15) is 11.8 Å². The van der Waals surface area contributed by atoms with Crippen molar-refractivity contribution in [2.75, 3.05) is 6.54 Å². The zero-order valence-electron chi connectivity index (χ0n) is 15.7. The molecule has 0 radical (unpaired) electrons. The molecule has 0 spiro atoms. The molecule has 0 saturated carbocycles. The van der Waals surface area contributed by atoms with Crippen molar-refractivity contribution in [1.29, 1.82) is 0 Å². The lowest BCUT2D eigenvalue weighted by molar-refractivity contribution is -0.129. The average molecular weight is 388 g/mol. The van der Waals surface area contributed by atoms with E-state index < -0.39 is 6.04 Å². The van der Waals surface area contributed by atoms with E-state index in [1.165, 1.54) is 0 Å². The molecule has 2 N–H and O–H groups in total. The molecule has 1 aliphatic heterocycles. The van der Waals surface area contributed by atoms with E-state index in [1.807, 2.05) is 47.3 Å². The number of para-hydroxylation sites is 1. The number of benzene rings is 1. The number of aliphatic hydroxyl groups excluding tert-OH is 1. The largest absolute Gasteiger partial charge is 0.503 e. The van der Waals surface area contributed by atoms with E-state index in [0.29, 0.717) is 17.9 Å². The van der Waals surface area contributed by atoms with Gasteiger partial charge in [0.25, 0.3) is 5.91 Å². The molecule has 0 bridgehead atoms. The number of aliphatic hydroxyl groups is 1. The number of nitrogens with one attached hydrogen (secondary N) is 1. The molecule has 7 heteroatoms. The predicted molar refractivity (Wildman–Crippen MR) is 108 cm³/mol. The molecule has 3 aromatic heterocycles. The van der Waals surface area contributed by atoms with Gasteiger partial charge in [-0.15, -0.1) is 0 Å². The van der Waals surface area contributed by atoms with Gasteiger partial charge < -0.3 is 24.0 Å². The highest BCUT2D eigenvalue weighted by Crippen LogP contribution is 2.45. The molecular formula is C22H20N4O3. The molecule has 1 aliphatic rings. The predicted octanol–water partition coefficient (Wildman–Crippen LogP) is 3.90. The fraction of sp³-hybridized carbons (Fsp3) is 0.182. The van der Waals surface area contributed by atoms with Gasteiger partial charge in [-0.05, 0) is 24.6 Å². The van der Waals surface area contributed by atoms with Gasteiger partial charge >= 0.3 is 0 Å². The molecule has 7 nitrogen and oxygen atoms in total. The number of hydrogen-bond donors (Lipinski definition) is 2. The van der Waals surface area contributed by atoms with Crippen LogP contribution in [0.1, 0.15) is 23.8 Å². The van der Waals surface area contributed by atoms with Crippen LogP contribution < -0.4 is 0 Å². The molecule has 5 rings (SSSR count). The van der Waals surface area contributed by atoms with Crippen LogP contribution in [0.2, 0.25) is 0 Å². The summed E-state index contributed by atoms with van der Waals surface area (Å²) in [7, 11) is 0. The van der Waals surface area contributed by atoms with Crippen molar-refractivity contribution in [1.82, 2.24) is 19.4 Å². The van der Waals surface area contributed by atoms with Crippen LogP contribution in [0.5, 0.6) is 0 Å². The summed E-state index contributed by atoms with van der Waals surface area (Å²) in [6, 6.07) is 11.0. The number of aromatic nitrogens is 3. The fourth-order valence-electron chi connectivity index (χ4n) is 4.04. The van der Waals surface area contributed by atoms with E-state index in [0.717, 1.165) is 29.4 Å². The molecule has 1 atom stereocenters. The van der Waals surface area contributed by atoms with Crippen LogP contribution in [0.25, 0.3) is 16.5 Å². The Morgan fingerprint density at radius 2 is 2.07 bits per heavy atom. The molecule has 29 heavy (non-hydrogen) atoms. The number of H-pyrrole nitrogens is 1. The molecule has 0 aliphatic carbocycles. The zero-order valence-corrected chi connectivity index (χ0v) is 15.7. The maximum atomic E-state index is 13.0. The lowest BCUT2D eigenvalue weighted by Gasteiger charge is -2.25. The third-order valence-corrected chi connectivity index (χ3v) is 5.37. The number of carbonyl (C=O) groups excluding carboxylic acids is 1. The molecule has 1 unspecified atom stereocenters. The smallest absolute Gasteiger partial charge is 0.290 e. The Morgan fingerprint density at radius 1 is 1.17 bits per heavy atom. The lowest BCUT2D eigenvalue weighted by atomic mass is 9.97. The van der Waals surface area contributed by atoms with Gasteiger partial charge in [0, 0.05) is 53.7 Å². The number of amides is 1. The molecular weight excluding hydrogens is 368 g/mol. The van der Waals surface area contributed by atoms with Crippen molar-refractivity contribution < 1.29 is 14.3 Å². The van der Waals surface area contributed by atoms with Crippen LogP contribution in [0, 0.1) is 0 Å². The monoisotopic (exact) mass is 388 g/mol. The second-order valence-corrected chi connectivity index (χ2v) is 7.08. The van der Waals surface area contributed by atoms with Crippen molar-refractivity contribution in [3.63, 3.8) is 0 Å². The maximum Gasteiger partial charge on any atom is 0.290 e. The standard InChI is InChI=1S/C22H20N4O3/c27-21-19(16-13-24-17-6-2-1-5-15(16)17)20(18-7-3-12-29-18)26(22(21)28)10-4-9-25-11-8-23-14-25/h1-3,5-8,11-14,20,24,27H,4,9-10H2. The Kier molecular flexibility index (Phi) is 4.20. The third-order valence-electron chi connectivity index (χ3n) is 5.37. The number of aromatic amines is 1. The summed E-state index contributed by atoms with van der Waals surface area (Å²) < 4.78 is 7.64. The van der Waals surface area contributed by atoms with Gasteiger partial charge in [-0.25, -0.2) is 4.98 Å². The fourth-order valence-corrected chi connectivity index (χ4v) is 4.04. The Labute approximate surface area is 166 Å². The van der Waals surface area contributed by atoms with Gasteiger partial charge in [0.2, 0.25) is 0 Å². The highest BCUT2D eigenvalue weighted by Gasteiger charge is 2.42. The summed E-state index contributed by atoms with van der Waals surface area (Å²) in [4.78, 5) is 21.9. The van der Waals surface area contributed by atoms with E-state index in [1.54, 1.807) is 29.8 Å². The number of imidazole rings is 1. The van der Waals surface area contributed by atoms with E-state index in [2.05, 4.69) is 9.97 Å². The van der Waals surface area contributed by atoms with Crippen LogP contribution >= 0.6 is 0 Å². The van der Waals surface area contributed by atoms with Gasteiger partial charge in [-0.1, -0.05) is 18.2 Å². The topological polar surface area (TPSA) is 87.3 Å². The molecule has 4 heterocycles. The van der Waals surface area contributed by atoms with Gasteiger partial charge in [-0.3, -0.25) is 4.79 Å². The van der Waals surface area contributed by atoms with E-state index in [4.69, 9.17) is 4.42 Å². The van der Waals surface area contributed by atoms with E-state index in [9.17, 15) is 9.90 Å². The average Bonchev–Trinajstić information content (AvgIpc) is 3.52. The third kappa shape index (κ3) is 2.91. The number of hydrogen-bond acceptors (Lipinski definition) is 4. The van der Waals surface area contributed by atoms with Crippen molar-refractivity contribution in [3.05, 3.63) is 84.7 Å². The number of fused-ring (bicyclic) bond motifs is 1. The SMILES string of the molecule is O=C1C(O)=C(c2c[nH]c3ccccc23)C(c2ccco2)N1CCCn1ccnc1. The number of aryl methyl sites for hydroxylation is 1. The van der Waals surface area contributed by atoms with Crippen molar-refractivity contribution >= 4 is 22.4 Å². The second-order valence-electron chi connectivity index (χ2n) is 7.08. The number of nitrogens with zero attached hydrogens (tertiary/aromatic N) is 3. The zero-order chi connectivity index (χ0) is 19.8.